The van der Waals surface area contributed by atoms with Crippen molar-refractivity contribution in [1.82, 2.24) is 5.32 Å². The van der Waals surface area contributed by atoms with Crippen molar-refractivity contribution in [3.63, 3.8) is 0 Å². The Morgan fingerprint density at radius 2 is 1.90 bits per heavy atom. The lowest BCUT2D eigenvalue weighted by atomic mass is 10.1. The molecule has 0 unspecified atom stereocenters. The minimum Gasteiger partial charge on any atom is -0.456 e. The second kappa shape index (κ2) is 8.06. The van der Waals surface area contributed by atoms with Crippen molar-refractivity contribution in [2.75, 3.05) is 6.54 Å². The van der Waals surface area contributed by atoms with Gasteiger partial charge in [0.25, 0.3) is 0 Å². The minimum atomic E-state index is 0.646. The monoisotopic (exact) mass is 303 g/mol. The van der Waals surface area contributed by atoms with Gasteiger partial charge in [-0.25, -0.2) is 0 Å². The number of halogens is 1. The molecular formula is C18H22ClNO. The van der Waals surface area contributed by atoms with Crippen LogP contribution in [0.4, 0.5) is 0 Å². The maximum Gasteiger partial charge on any atom is 0.146 e. The summed E-state index contributed by atoms with van der Waals surface area (Å²) in [6.07, 6.45) is 2.12. The van der Waals surface area contributed by atoms with Crippen molar-refractivity contribution in [2.45, 2.75) is 33.2 Å². The van der Waals surface area contributed by atoms with E-state index in [1.807, 2.05) is 36.4 Å². The first-order valence-electron chi connectivity index (χ1n) is 7.49. The zero-order valence-electron chi connectivity index (χ0n) is 12.7. The van der Waals surface area contributed by atoms with Crippen LogP contribution in [0.3, 0.4) is 0 Å². The molecule has 0 aromatic heterocycles. The van der Waals surface area contributed by atoms with E-state index in [4.69, 9.17) is 16.3 Å². The zero-order valence-corrected chi connectivity index (χ0v) is 13.4. The first kappa shape index (κ1) is 15.9. The minimum absolute atomic E-state index is 0.646. The van der Waals surface area contributed by atoms with Gasteiger partial charge in [0.2, 0.25) is 0 Å². The van der Waals surface area contributed by atoms with Crippen LogP contribution in [0.5, 0.6) is 11.5 Å². The van der Waals surface area contributed by atoms with Crippen LogP contribution in [-0.2, 0) is 13.0 Å². The van der Waals surface area contributed by atoms with Gasteiger partial charge in [-0.05, 0) is 54.8 Å². The lowest BCUT2D eigenvalue weighted by Crippen LogP contribution is -2.13. The molecule has 0 radical (unpaired) electrons. The maximum absolute atomic E-state index is 6.31. The Morgan fingerprint density at radius 3 is 2.62 bits per heavy atom. The molecule has 0 atom stereocenters. The Labute approximate surface area is 132 Å². The Bertz CT molecular complexity index is 583. The molecule has 2 nitrogen and oxygen atoms in total. The van der Waals surface area contributed by atoms with Crippen LogP contribution in [0, 0.1) is 0 Å². The van der Waals surface area contributed by atoms with Gasteiger partial charge in [-0.3, -0.25) is 0 Å². The van der Waals surface area contributed by atoms with Crippen LogP contribution in [0.1, 0.15) is 31.4 Å². The molecule has 0 bridgehead atoms. The first-order chi connectivity index (χ1) is 10.2. The average Bonchev–Trinajstić information content (AvgIpc) is 2.50. The summed E-state index contributed by atoms with van der Waals surface area (Å²) in [6.45, 7) is 6.13. The number of nitrogens with one attached hydrogen (secondary N) is 1. The fraction of sp³-hybridized carbons (Fsp3) is 0.333. The highest BCUT2D eigenvalue weighted by Gasteiger charge is 2.05. The van der Waals surface area contributed by atoms with E-state index in [-0.39, 0.29) is 0 Å². The Kier molecular flexibility index (Phi) is 6.09. The van der Waals surface area contributed by atoms with E-state index < -0.39 is 0 Å². The highest BCUT2D eigenvalue weighted by atomic mass is 35.5. The zero-order chi connectivity index (χ0) is 15.1. The van der Waals surface area contributed by atoms with E-state index in [1.54, 1.807) is 0 Å². The molecule has 0 saturated heterocycles. The van der Waals surface area contributed by atoms with Crippen LogP contribution in [0.15, 0.2) is 42.5 Å². The number of hydrogen-bond donors (Lipinski definition) is 1. The molecule has 0 aliphatic heterocycles. The van der Waals surface area contributed by atoms with E-state index in [1.165, 1.54) is 11.1 Å². The van der Waals surface area contributed by atoms with Gasteiger partial charge in [0, 0.05) is 6.54 Å². The Hall–Kier alpha value is -1.51. The molecule has 112 valence electrons. The predicted octanol–water partition coefficient (Wildman–Crippen LogP) is 5.19. The van der Waals surface area contributed by atoms with Gasteiger partial charge >= 0.3 is 0 Å². The maximum atomic E-state index is 6.31. The van der Waals surface area contributed by atoms with Gasteiger partial charge in [0.05, 0.1) is 5.02 Å². The summed E-state index contributed by atoms with van der Waals surface area (Å²) < 4.78 is 5.88. The fourth-order valence-corrected chi connectivity index (χ4v) is 2.34. The second-order valence-electron chi connectivity index (χ2n) is 5.04. The third-order valence-corrected chi connectivity index (χ3v) is 3.58. The third kappa shape index (κ3) is 4.76. The molecule has 0 saturated carbocycles. The molecule has 2 rings (SSSR count). The molecule has 3 heteroatoms. The summed E-state index contributed by atoms with van der Waals surface area (Å²) in [5.41, 5.74) is 2.42. The summed E-state index contributed by atoms with van der Waals surface area (Å²) in [5.74, 6) is 1.53. The molecule has 2 aromatic rings. The molecule has 1 N–H and O–H groups in total. The lowest BCUT2D eigenvalue weighted by Gasteiger charge is -2.10. The standard InChI is InChI=1S/C18H22ClNO/c1-3-10-20-13-15-8-9-18(17(19)12-15)21-16-7-5-6-14(4-2)11-16/h5-9,11-12,20H,3-4,10,13H2,1-2H3. The van der Waals surface area contributed by atoms with E-state index in [2.05, 4.69) is 25.2 Å². The van der Waals surface area contributed by atoms with E-state index in [0.29, 0.717) is 10.8 Å². The van der Waals surface area contributed by atoms with Gasteiger partial charge in [0.15, 0.2) is 0 Å². The van der Waals surface area contributed by atoms with E-state index in [0.717, 1.165) is 31.7 Å². The number of rotatable bonds is 7. The summed E-state index contributed by atoms with van der Waals surface area (Å²) in [4.78, 5) is 0. The highest BCUT2D eigenvalue weighted by Crippen LogP contribution is 2.30. The van der Waals surface area contributed by atoms with Gasteiger partial charge in [-0.2, -0.15) is 0 Å². The van der Waals surface area contributed by atoms with Crippen molar-refractivity contribution < 1.29 is 4.74 Å². The highest BCUT2D eigenvalue weighted by molar-refractivity contribution is 6.32. The lowest BCUT2D eigenvalue weighted by molar-refractivity contribution is 0.482. The van der Waals surface area contributed by atoms with Crippen LogP contribution < -0.4 is 10.1 Å². The summed E-state index contributed by atoms with van der Waals surface area (Å²) >= 11 is 6.31. The van der Waals surface area contributed by atoms with E-state index >= 15 is 0 Å². The summed E-state index contributed by atoms with van der Waals surface area (Å²) in [7, 11) is 0. The normalized spacial score (nSPS) is 10.6. The van der Waals surface area contributed by atoms with Crippen LogP contribution in [0.25, 0.3) is 0 Å². The van der Waals surface area contributed by atoms with Gasteiger partial charge in [-0.15, -0.1) is 0 Å². The number of aryl methyl sites for hydroxylation is 1. The van der Waals surface area contributed by atoms with Crippen LogP contribution in [-0.4, -0.2) is 6.54 Å². The largest absolute Gasteiger partial charge is 0.456 e. The third-order valence-electron chi connectivity index (χ3n) is 3.29. The van der Waals surface area contributed by atoms with Crippen molar-refractivity contribution in [1.29, 1.82) is 0 Å². The Balaban J connectivity index is 2.06. The number of ether oxygens (including phenoxy) is 1. The van der Waals surface area contributed by atoms with Gasteiger partial charge < -0.3 is 10.1 Å². The van der Waals surface area contributed by atoms with Crippen molar-refractivity contribution in [3.8, 4) is 11.5 Å². The molecule has 0 amide bonds. The molecule has 2 aromatic carbocycles. The van der Waals surface area contributed by atoms with Crippen molar-refractivity contribution in [3.05, 3.63) is 58.6 Å². The topological polar surface area (TPSA) is 21.3 Å². The van der Waals surface area contributed by atoms with Gasteiger partial charge in [0.1, 0.15) is 11.5 Å². The summed E-state index contributed by atoms with van der Waals surface area (Å²) in [6, 6.07) is 14.0. The smallest absolute Gasteiger partial charge is 0.146 e. The SMILES string of the molecule is CCCNCc1ccc(Oc2cccc(CC)c2)c(Cl)c1. The number of hydrogen-bond acceptors (Lipinski definition) is 2. The van der Waals surface area contributed by atoms with Crippen LogP contribution in [0.2, 0.25) is 5.02 Å². The molecule has 0 heterocycles. The first-order valence-corrected chi connectivity index (χ1v) is 7.86. The van der Waals surface area contributed by atoms with Crippen LogP contribution >= 0.6 is 11.6 Å². The predicted molar refractivity (Wildman–Crippen MR) is 89.3 cm³/mol. The quantitative estimate of drug-likeness (QED) is 0.710. The molecule has 0 spiro atoms. The summed E-state index contributed by atoms with van der Waals surface area (Å²) in [5, 5.41) is 4.01. The Morgan fingerprint density at radius 1 is 1.05 bits per heavy atom. The number of benzene rings is 2. The van der Waals surface area contributed by atoms with Crippen molar-refractivity contribution >= 4 is 11.6 Å². The molecular weight excluding hydrogens is 282 g/mol. The molecule has 21 heavy (non-hydrogen) atoms. The van der Waals surface area contributed by atoms with E-state index in [9.17, 15) is 0 Å². The molecule has 0 fully saturated rings. The molecule has 0 aliphatic rings. The van der Waals surface area contributed by atoms with Crippen molar-refractivity contribution in [2.24, 2.45) is 0 Å². The van der Waals surface area contributed by atoms with Gasteiger partial charge in [-0.1, -0.05) is 43.6 Å². The molecule has 0 aliphatic carbocycles. The second-order valence-corrected chi connectivity index (χ2v) is 5.45. The average molecular weight is 304 g/mol. The fourth-order valence-electron chi connectivity index (χ4n) is 2.10.